The minimum atomic E-state index is 0.331. The van der Waals surface area contributed by atoms with Gasteiger partial charge in [0, 0.05) is 11.6 Å². The number of hydrogen-bond acceptors (Lipinski definition) is 2. The van der Waals surface area contributed by atoms with Gasteiger partial charge in [0.2, 0.25) is 0 Å². The largest absolute Gasteiger partial charge is 0.383 e. The van der Waals surface area contributed by atoms with E-state index in [1.807, 2.05) is 6.92 Å². The Kier molecular flexibility index (Phi) is 3.16. The number of imidazole rings is 1. The van der Waals surface area contributed by atoms with Crippen LogP contribution in [0.2, 0.25) is 0 Å². The fraction of sp³-hybridized carbons (Fsp3) is 0.400. The standard InChI is InChI=1S/C15H21N3/c1-9(2)18-12(5)17-14(15(18)16)13-7-6-10(3)8-11(13)4/h6-9H,16H2,1-5H3. The average Bonchev–Trinajstić information content (AvgIpc) is 2.54. The molecule has 0 aliphatic heterocycles. The van der Waals surface area contributed by atoms with E-state index >= 15 is 0 Å². The SMILES string of the molecule is Cc1ccc(-c2nc(C)n(C(C)C)c2N)c(C)c1. The van der Waals surface area contributed by atoms with Crippen LogP contribution in [-0.4, -0.2) is 9.55 Å². The van der Waals surface area contributed by atoms with Crippen molar-refractivity contribution >= 4 is 5.82 Å². The van der Waals surface area contributed by atoms with Crippen LogP contribution in [0.25, 0.3) is 11.3 Å². The maximum atomic E-state index is 6.24. The van der Waals surface area contributed by atoms with Crippen molar-refractivity contribution in [3.8, 4) is 11.3 Å². The second-order valence-electron chi connectivity index (χ2n) is 5.17. The van der Waals surface area contributed by atoms with Crippen LogP contribution >= 0.6 is 0 Å². The van der Waals surface area contributed by atoms with Crippen molar-refractivity contribution in [3.63, 3.8) is 0 Å². The van der Waals surface area contributed by atoms with Gasteiger partial charge in [-0.05, 0) is 40.2 Å². The van der Waals surface area contributed by atoms with Gasteiger partial charge in [0.05, 0.1) is 0 Å². The number of nitrogens with zero attached hydrogens (tertiary/aromatic N) is 2. The summed E-state index contributed by atoms with van der Waals surface area (Å²) in [5.41, 5.74) is 10.7. The lowest BCUT2D eigenvalue weighted by Crippen LogP contribution is -2.07. The zero-order valence-electron chi connectivity index (χ0n) is 11.8. The summed E-state index contributed by atoms with van der Waals surface area (Å²) in [7, 11) is 0. The Bertz CT molecular complexity index is 580. The Morgan fingerprint density at radius 3 is 2.33 bits per heavy atom. The van der Waals surface area contributed by atoms with Gasteiger partial charge in [0.25, 0.3) is 0 Å². The number of hydrogen-bond donors (Lipinski definition) is 1. The molecule has 18 heavy (non-hydrogen) atoms. The van der Waals surface area contributed by atoms with Gasteiger partial charge in [-0.2, -0.15) is 0 Å². The quantitative estimate of drug-likeness (QED) is 0.875. The number of aryl methyl sites for hydroxylation is 3. The Morgan fingerprint density at radius 2 is 1.83 bits per heavy atom. The smallest absolute Gasteiger partial charge is 0.131 e. The Hall–Kier alpha value is -1.77. The molecule has 0 radical (unpaired) electrons. The van der Waals surface area contributed by atoms with E-state index < -0.39 is 0 Å². The highest BCUT2D eigenvalue weighted by molar-refractivity contribution is 5.74. The zero-order valence-corrected chi connectivity index (χ0v) is 11.8. The van der Waals surface area contributed by atoms with Crippen LogP contribution in [0.15, 0.2) is 18.2 Å². The maximum absolute atomic E-state index is 6.24. The van der Waals surface area contributed by atoms with Gasteiger partial charge in [-0.3, -0.25) is 0 Å². The Labute approximate surface area is 109 Å². The van der Waals surface area contributed by atoms with Crippen molar-refractivity contribution in [3.05, 3.63) is 35.2 Å². The molecule has 2 N–H and O–H groups in total. The van der Waals surface area contributed by atoms with E-state index in [0.29, 0.717) is 6.04 Å². The highest BCUT2D eigenvalue weighted by Crippen LogP contribution is 2.31. The third-order valence-electron chi connectivity index (χ3n) is 3.28. The molecule has 0 aliphatic rings. The van der Waals surface area contributed by atoms with Gasteiger partial charge >= 0.3 is 0 Å². The van der Waals surface area contributed by atoms with Gasteiger partial charge in [-0.1, -0.05) is 23.8 Å². The normalized spacial score (nSPS) is 11.2. The summed E-state index contributed by atoms with van der Waals surface area (Å²) in [6.07, 6.45) is 0. The van der Waals surface area contributed by atoms with Gasteiger partial charge < -0.3 is 10.3 Å². The fourth-order valence-corrected chi connectivity index (χ4v) is 2.49. The van der Waals surface area contributed by atoms with Gasteiger partial charge in [-0.15, -0.1) is 0 Å². The molecule has 2 rings (SSSR count). The van der Waals surface area contributed by atoms with Crippen molar-refractivity contribution < 1.29 is 0 Å². The molecule has 0 atom stereocenters. The number of nitrogens with two attached hydrogens (primary N) is 1. The van der Waals surface area contributed by atoms with E-state index in [-0.39, 0.29) is 0 Å². The minimum Gasteiger partial charge on any atom is -0.383 e. The predicted molar refractivity (Wildman–Crippen MR) is 76.7 cm³/mol. The number of aromatic nitrogens is 2. The van der Waals surface area contributed by atoms with Crippen LogP contribution in [0.3, 0.4) is 0 Å². The summed E-state index contributed by atoms with van der Waals surface area (Å²) in [5.74, 6) is 1.73. The van der Waals surface area contributed by atoms with Crippen molar-refractivity contribution in [1.82, 2.24) is 9.55 Å². The molecular weight excluding hydrogens is 222 g/mol. The first-order valence-electron chi connectivity index (χ1n) is 6.33. The number of rotatable bonds is 2. The fourth-order valence-electron chi connectivity index (χ4n) is 2.49. The topological polar surface area (TPSA) is 43.8 Å². The number of nitrogen functional groups attached to an aromatic ring is 1. The van der Waals surface area contributed by atoms with Crippen molar-refractivity contribution in [1.29, 1.82) is 0 Å². The van der Waals surface area contributed by atoms with E-state index in [2.05, 4.69) is 55.4 Å². The van der Waals surface area contributed by atoms with Gasteiger partial charge in [-0.25, -0.2) is 4.98 Å². The molecule has 0 saturated heterocycles. The molecule has 0 aliphatic carbocycles. The first-order chi connectivity index (χ1) is 8.41. The lowest BCUT2D eigenvalue weighted by atomic mass is 10.0. The molecule has 1 aromatic carbocycles. The van der Waals surface area contributed by atoms with E-state index in [0.717, 1.165) is 22.9 Å². The van der Waals surface area contributed by atoms with Gasteiger partial charge in [0.15, 0.2) is 0 Å². The summed E-state index contributed by atoms with van der Waals surface area (Å²) >= 11 is 0. The molecule has 0 saturated carbocycles. The van der Waals surface area contributed by atoms with Crippen molar-refractivity contribution in [2.24, 2.45) is 0 Å². The van der Waals surface area contributed by atoms with Crippen LogP contribution in [0.4, 0.5) is 5.82 Å². The first-order valence-corrected chi connectivity index (χ1v) is 6.33. The summed E-state index contributed by atoms with van der Waals surface area (Å²) in [6.45, 7) is 10.4. The predicted octanol–water partition coefficient (Wildman–Crippen LogP) is 3.64. The molecule has 0 spiro atoms. The maximum Gasteiger partial charge on any atom is 0.131 e. The Balaban J connectivity index is 2.62. The molecule has 2 aromatic rings. The molecule has 1 heterocycles. The van der Waals surface area contributed by atoms with Gasteiger partial charge in [0.1, 0.15) is 17.3 Å². The molecule has 1 aromatic heterocycles. The first kappa shape index (κ1) is 12.7. The molecule has 0 fully saturated rings. The second-order valence-corrected chi connectivity index (χ2v) is 5.17. The van der Waals surface area contributed by atoms with Crippen LogP contribution in [0.1, 0.15) is 36.8 Å². The molecule has 0 bridgehead atoms. The van der Waals surface area contributed by atoms with Crippen molar-refractivity contribution in [2.75, 3.05) is 5.73 Å². The molecule has 0 amide bonds. The minimum absolute atomic E-state index is 0.331. The highest BCUT2D eigenvalue weighted by atomic mass is 15.2. The Morgan fingerprint density at radius 1 is 1.17 bits per heavy atom. The van der Waals surface area contributed by atoms with Crippen LogP contribution in [-0.2, 0) is 0 Å². The summed E-state index contributed by atoms with van der Waals surface area (Å²) in [4.78, 5) is 4.63. The monoisotopic (exact) mass is 243 g/mol. The second kappa shape index (κ2) is 4.48. The molecule has 3 heteroatoms. The van der Waals surface area contributed by atoms with Crippen LogP contribution in [0, 0.1) is 20.8 Å². The van der Waals surface area contributed by atoms with E-state index in [1.165, 1.54) is 11.1 Å². The lowest BCUT2D eigenvalue weighted by molar-refractivity contribution is 0.590. The summed E-state index contributed by atoms with van der Waals surface area (Å²) < 4.78 is 2.08. The summed E-state index contributed by atoms with van der Waals surface area (Å²) in [5, 5.41) is 0. The average molecular weight is 243 g/mol. The van der Waals surface area contributed by atoms with Crippen LogP contribution in [0.5, 0.6) is 0 Å². The molecule has 0 unspecified atom stereocenters. The number of anilines is 1. The number of benzene rings is 1. The van der Waals surface area contributed by atoms with E-state index in [4.69, 9.17) is 5.73 Å². The lowest BCUT2D eigenvalue weighted by Gasteiger charge is -2.12. The van der Waals surface area contributed by atoms with Crippen molar-refractivity contribution in [2.45, 2.75) is 40.7 Å². The molecule has 3 nitrogen and oxygen atoms in total. The molecule has 96 valence electrons. The van der Waals surface area contributed by atoms with E-state index in [9.17, 15) is 0 Å². The van der Waals surface area contributed by atoms with E-state index in [1.54, 1.807) is 0 Å². The van der Waals surface area contributed by atoms with Crippen LogP contribution < -0.4 is 5.73 Å². The summed E-state index contributed by atoms with van der Waals surface area (Å²) in [6, 6.07) is 6.70. The highest BCUT2D eigenvalue weighted by Gasteiger charge is 2.16. The molecular formula is C15H21N3. The third-order valence-corrected chi connectivity index (χ3v) is 3.28. The third kappa shape index (κ3) is 2.01. The zero-order chi connectivity index (χ0) is 13.4.